The first-order chi connectivity index (χ1) is 14.4. The van der Waals surface area contributed by atoms with Gasteiger partial charge >= 0.3 is 0 Å². The molecule has 0 bridgehead atoms. The average molecular weight is 406 g/mol. The number of piperidine rings is 1. The molecular formula is C23H27N5O2. The second-order valence-corrected chi connectivity index (χ2v) is 8.71. The molecule has 2 aromatic heterocycles. The number of aryl methyl sites for hydroxylation is 2. The minimum Gasteiger partial charge on any atom is -0.487 e. The summed E-state index contributed by atoms with van der Waals surface area (Å²) in [6.45, 7) is 5.81. The van der Waals surface area contributed by atoms with Gasteiger partial charge in [-0.15, -0.1) is 0 Å². The molecule has 30 heavy (non-hydrogen) atoms. The number of pyridine rings is 1. The monoisotopic (exact) mass is 405 g/mol. The zero-order valence-corrected chi connectivity index (χ0v) is 17.7. The normalized spacial score (nSPS) is 20.7. The highest BCUT2D eigenvalue weighted by atomic mass is 16.5. The van der Waals surface area contributed by atoms with Crippen molar-refractivity contribution in [2.24, 2.45) is 0 Å². The fraction of sp³-hybridized carbons (Fsp3) is 0.435. The van der Waals surface area contributed by atoms with Crippen molar-refractivity contribution in [1.29, 1.82) is 0 Å². The van der Waals surface area contributed by atoms with Gasteiger partial charge in [-0.05, 0) is 45.9 Å². The number of likely N-dealkylation sites (tertiary alicyclic amines) is 1. The van der Waals surface area contributed by atoms with E-state index in [1.807, 2.05) is 38.1 Å². The van der Waals surface area contributed by atoms with Gasteiger partial charge in [-0.2, -0.15) is 5.10 Å². The highest BCUT2D eigenvalue weighted by molar-refractivity contribution is 6.06. The Kier molecular flexibility index (Phi) is 4.50. The summed E-state index contributed by atoms with van der Waals surface area (Å²) in [7, 11) is 2.15. The minimum atomic E-state index is -0.228. The van der Waals surface area contributed by atoms with E-state index in [0.29, 0.717) is 11.2 Å². The Labute approximate surface area is 175 Å². The van der Waals surface area contributed by atoms with Gasteiger partial charge in [-0.1, -0.05) is 18.2 Å². The van der Waals surface area contributed by atoms with E-state index in [2.05, 4.69) is 38.5 Å². The van der Waals surface area contributed by atoms with Crippen LogP contribution in [0.3, 0.4) is 0 Å². The number of aromatic amines is 1. The lowest BCUT2D eigenvalue weighted by Crippen LogP contribution is -2.51. The zero-order chi connectivity index (χ0) is 20.9. The van der Waals surface area contributed by atoms with Crippen LogP contribution in [0.2, 0.25) is 0 Å². The van der Waals surface area contributed by atoms with Gasteiger partial charge in [0.25, 0.3) is 5.91 Å². The number of carbonyl (C=O) groups is 1. The number of amides is 1. The van der Waals surface area contributed by atoms with Crippen LogP contribution in [0.25, 0.3) is 11.0 Å². The Bertz CT molecular complexity index is 1110. The van der Waals surface area contributed by atoms with Crippen molar-refractivity contribution < 1.29 is 9.53 Å². The quantitative estimate of drug-likeness (QED) is 0.684. The molecule has 1 atom stereocenters. The van der Waals surface area contributed by atoms with Crippen molar-refractivity contribution >= 4 is 16.9 Å². The predicted molar refractivity (Wildman–Crippen MR) is 115 cm³/mol. The molecule has 3 aromatic rings. The van der Waals surface area contributed by atoms with Gasteiger partial charge < -0.3 is 15.0 Å². The Morgan fingerprint density at radius 1 is 1.27 bits per heavy atom. The number of nitrogens with one attached hydrogen (secondary N) is 2. The van der Waals surface area contributed by atoms with Crippen LogP contribution in [-0.2, 0) is 0 Å². The van der Waals surface area contributed by atoms with Crippen LogP contribution >= 0.6 is 0 Å². The first-order valence-electron chi connectivity index (χ1n) is 10.5. The lowest BCUT2D eigenvalue weighted by Gasteiger charge is -2.46. The van der Waals surface area contributed by atoms with Crippen molar-refractivity contribution in [2.45, 2.75) is 44.8 Å². The minimum absolute atomic E-state index is 0.0958. The Balaban J connectivity index is 1.49. The molecule has 2 aliphatic heterocycles. The molecule has 7 heteroatoms. The lowest BCUT2D eigenvalue weighted by atomic mass is 9.80. The fourth-order valence-corrected chi connectivity index (χ4v) is 4.79. The smallest absolute Gasteiger partial charge is 0.252 e. The summed E-state index contributed by atoms with van der Waals surface area (Å²) in [5, 5.41) is 11.3. The molecule has 1 unspecified atom stereocenters. The van der Waals surface area contributed by atoms with Crippen LogP contribution in [0.15, 0.2) is 30.3 Å². The number of carbonyl (C=O) groups excluding carboxylic acids is 1. The number of H-pyrrole nitrogens is 1. The maximum Gasteiger partial charge on any atom is 0.252 e. The number of hydrogen-bond acceptors (Lipinski definition) is 5. The van der Waals surface area contributed by atoms with Gasteiger partial charge in [-0.25, -0.2) is 4.98 Å². The van der Waals surface area contributed by atoms with Crippen LogP contribution < -0.4 is 10.1 Å². The molecule has 1 aromatic carbocycles. The van der Waals surface area contributed by atoms with Crippen molar-refractivity contribution in [3.05, 3.63) is 52.8 Å². The third kappa shape index (κ3) is 3.23. The van der Waals surface area contributed by atoms with Crippen LogP contribution in [0.1, 0.15) is 52.6 Å². The number of aromatic nitrogens is 3. The number of rotatable bonds is 2. The summed E-state index contributed by atoms with van der Waals surface area (Å²) in [4.78, 5) is 20.2. The molecule has 0 radical (unpaired) electrons. The number of ether oxygens (including phenoxy) is 1. The number of fused-ring (bicyclic) bond motifs is 2. The van der Waals surface area contributed by atoms with E-state index < -0.39 is 0 Å². The number of hydrogen-bond donors (Lipinski definition) is 2. The highest BCUT2D eigenvalue weighted by Crippen LogP contribution is 2.44. The summed E-state index contributed by atoms with van der Waals surface area (Å²) in [5.74, 6) is 0.786. The van der Waals surface area contributed by atoms with Gasteiger partial charge in [0.05, 0.1) is 17.0 Å². The van der Waals surface area contributed by atoms with Crippen molar-refractivity contribution in [2.75, 3.05) is 20.1 Å². The summed E-state index contributed by atoms with van der Waals surface area (Å²) < 4.78 is 6.52. The molecule has 2 N–H and O–H groups in total. The Morgan fingerprint density at radius 2 is 2.03 bits per heavy atom. The van der Waals surface area contributed by atoms with Crippen LogP contribution in [0, 0.1) is 13.8 Å². The van der Waals surface area contributed by atoms with Gasteiger partial charge in [-0.3, -0.25) is 9.89 Å². The average Bonchev–Trinajstić information content (AvgIpc) is 3.10. The van der Waals surface area contributed by atoms with Crippen LogP contribution in [0.4, 0.5) is 0 Å². The fourth-order valence-electron chi connectivity index (χ4n) is 4.79. The number of benzene rings is 1. The number of para-hydroxylation sites is 1. The molecule has 156 valence electrons. The van der Waals surface area contributed by atoms with E-state index in [4.69, 9.17) is 4.74 Å². The summed E-state index contributed by atoms with van der Waals surface area (Å²) in [6.07, 6.45) is 2.70. The molecule has 0 aliphatic carbocycles. The molecule has 1 spiro atoms. The molecule has 0 saturated carbocycles. The molecule has 1 saturated heterocycles. The third-order valence-corrected chi connectivity index (χ3v) is 6.48. The molecular weight excluding hydrogens is 378 g/mol. The summed E-state index contributed by atoms with van der Waals surface area (Å²) in [5.41, 5.74) is 3.64. The standard InChI is InChI=1S/C23H27N5O2/c1-14-12-17(20-15(2)26-27-21(20)24-14)22(29)25-18-13-23(8-10-28(3)11-9-23)30-19-7-5-4-6-16(18)19/h4-7,12,18H,8-11,13H2,1-3H3,(H,25,29)(H,24,26,27). The van der Waals surface area contributed by atoms with E-state index in [1.54, 1.807) is 0 Å². The Morgan fingerprint density at radius 3 is 2.83 bits per heavy atom. The van der Waals surface area contributed by atoms with E-state index in [1.165, 1.54) is 0 Å². The van der Waals surface area contributed by atoms with Gasteiger partial charge in [0, 0.05) is 36.5 Å². The largest absolute Gasteiger partial charge is 0.487 e. The first kappa shape index (κ1) is 19.1. The molecule has 1 fully saturated rings. The number of nitrogens with zero attached hydrogens (tertiary/aromatic N) is 3. The molecule has 1 amide bonds. The molecule has 7 nitrogen and oxygen atoms in total. The maximum atomic E-state index is 13.4. The second-order valence-electron chi connectivity index (χ2n) is 8.71. The van der Waals surface area contributed by atoms with Crippen molar-refractivity contribution in [1.82, 2.24) is 25.4 Å². The van der Waals surface area contributed by atoms with E-state index in [-0.39, 0.29) is 17.6 Å². The van der Waals surface area contributed by atoms with Gasteiger partial charge in [0.1, 0.15) is 11.4 Å². The summed E-state index contributed by atoms with van der Waals surface area (Å²) in [6, 6.07) is 9.82. The molecule has 5 rings (SSSR count). The van der Waals surface area contributed by atoms with Gasteiger partial charge in [0.2, 0.25) is 0 Å². The topological polar surface area (TPSA) is 83.1 Å². The maximum absolute atomic E-state index is 13.4. The molecule has 2 aliphatic rings. The van der Waals surface area contributed by atoms with E-state index in [0.717, 1.165) is 60.4 Å². The highest BCUT2D eigenvalue weighted by Gasteiger charge is 2.43. The summed E-state index contributed by atoms with van der Waals surface area (Å²) >= 11 is 0. The van der Waals surface area contributed by atoms with Gasteiger partial charge in [0.15, 0.2) is 5.65 Å². The van der Waals surface area contributed by atoms with E-state index in [9.17, 15) is 4.79 Å². The SMILES string of the molecule is Cc1cc(C(=O)NC2CC3(CCN(C)CC3)Oc3ccccc32)c2c(C)[nH]nc2n1. The first-order valence-corrected chi connectivity index (χ1v) is 10.5. The Hall–Kier alpha value is -2.93. The lowest BCUT2D eigenvalue weighted by molar-refractivity contribution is -0.0195. The second kappa shape index (κ2) is 7.09. The van der Waals surface area contributed by atoms with Crippen molar-refractivity contribution in [3.63, 3.8) is 0 Å². The molecule has 4 heterocycles. The van der Waals surface area contributed by atoms with Crippen LogP contribution in [-0.4, -0.2) is 51.7 Å². The zero-order valence-electron chi connectivity index (χ0n) is 17.7. The predicted octanol–water partition coefficient (Wildman–Crippen LogP) is 3.29. The van der Waals surface area contributed by atoms with Crippen molar-refractivity contribution in [3.8, 4) is 5.75 Å². The third-order valence-electron chi connectivity index (χ3n) is 6.48. The van der Waals surface area contributed by atoms with E-state index >= 15 is 0 Å². The van der Waals surface area contributed by atoms with Crippen LogP contribution in [0.5, 0.6) is 5.75 Å².